The van der Waals surface area contributed by atoms with Crippen LogP contribution in [0, 0.1) is 5.92 Å². The number of aryl methyl sites for hydroxylation is 1. The molecule has 2 heteroatoms. The highest BCUT2D eigenvalue weighted by atomic mass is 15.2. The van der Waals surface area contributed by atoms with Crippen LogP contribution in [0.4, 0.5) is 0 Å². The van der Waals surface area contributed by atoms with Gasteiger partial charge in [0.05, 0.1) is 0 Å². The molecule has 2 fully saturated rings. The summed E-state index contributed by atoms with van der Waals surface area (Å²) in [5.74, 6) is 1.70. The Morgan fingerprint density at radius 1 is 1.10 bits per heavy atom. The van der Waals surface area contributed by atoms with Crippen LogP contribution in [-0.2, 0) is 6.42 Å². The molecule has 108 valence electrons. The van der Waals surface area contributed by atoms with Crippen LogP contribution < -0.4 is 5.32 Å². The molecule has 0 saturated carbocycles. The lowest BCUT2D eigenvalue weighted by Crippen LogP contribution is -2.40. The Bertz CT molecular complexity index is 456. The third-order valence-corrected chi connectivity index (χ3v) is 5.65. The first-order chi connectivity index (χ1) is 9.90. The Balaban J connectivity index is 1.45. The van der Waals surface area contributed by atoms with Crippen molar-refractivity contribution in [3.8, 4) is 0 Å². The van der Waals surface area contributed by atoms with Gasteiger partial charge in [0.25, 0.3) is 0 Å². The maximum absolute atomic E-state index is 3.73. The summed E-state index contributed by atoms with van der Waals surface area (Å²) in [5, 5.41) is 3.73. The number of fused-ring (bicyclic) bond motifs is 2. The summed E-state index contributed by atoms with van der Waals surface area (Å²) in [4.78, 5) is 2.74. The van der Waals surface area contributed by atoms with Crippen LogP contribution in [0.25, 0.3) is 0 Å². The Morgan fingerprint density at radius 2 is 2.05 bits per heavy atom. The molecule has 3 aliphatic rings. The van der Waals surface area contributed by atoms with Gasteiger partial charge in [-0.05, 0) is 61.6 Å². The van der Waals surface area contributed by atoms with E-state index in [1.165, 1.54) is 58.3 Å². The molecule has 2 nitrogen and oxygen atoms in total. The van der Waals surface area contributed by atoms with Gasteiger partial charge in [-0.1, -0.05) is 24.3 Å². The maximum atomic E-state index is 3.73. The zero-order valence-electron chi connectivity index (χ0n) is 12.4. The zero-order valence-corrected chi connectivity index (χ0v) is 12.4. The van der Waals surface area contributed by atoms with Gasteiger partial charge in [-0.3, -0.25) is 0 Å². The van der Waals surface area contributed by atoms with Crippen molar-refractivity contribution in [1.82, 2.24) is 10.2 Å². The molecular weight excluding hydrogens is 244 g/mol. The Kier molecular flexibility index (Phi) is 3.53. The molecule has 0 amide bonds. The fourth-order valence-corrected chi connectivity index (χ4v) is 4.64. The normalized spacial score (nSPS) is 33.7. The van der Waals surface area contributed by atoms with E-state index in [1.54, 1.807) is 11.1 Å². The molecule has 1 aromatic carbocycles. The van der Waals surface area contributed by atoms with Gasteiger partial charge in [-0.15, -0.1) is 0 Å². The van der Waals surface area contributed by atoms with E-state index in [1.807, 2.05) is 0 Å². The van der Waals surface area contributed by atoms with Crippen LogP contribution in [0.5, 0.6) is 0 Å². The standard InChI is InChI=1S/C18H26N2/c1-2-9-17-14(5-1)6-3-7-15(17)11-20-12-16-8-4-10-19-18(16)13-20/h1-2,5,9,15-16,18-19H,3-4,6-8,10-13H2/t15?,16-,18+/m0/s1. The number of nitrogens with zero attached hydrogens (tertiary/aromatic N) is 1. The van der Waals surface area contributed by atoms with Crippen LogP contribution in [-0.4, -0.2) is 37.1 Å². The van der Waals surface area contributed by atoms with Gasteiger partial charge < -0.3 is 10.2 Å². The van der Waals surface area contributed by atoms with Gasteiger partial charge in [0, 0.05) is 25.7 Å². The monoisotopic (exact) mass is 270 g/mol. The third kappa shape index (κ3) is 2.40. The number of nitrogens with one attached hydrogen (secondary N) is 1. The van der Waals surface area contributed by atoms with Crippen LogP contribution in [0.15, 0.2) is 24.3 Å². The zero-order chi connectivity index (χ0) is 13.4. The van der Waals surface area contributed by atoms with Crippen molar-refractivity contribution in [3.05, 3.63) is 35.4 Å². The molecule has 1 aliphatic carbocycles. The van der Waals surface area contributed by atoms with Crippen molar-refractivity contribution in [1.29, 1.82) is 0 Å². The van der Waals surface area contributed by atoms with Crippen LogP contribution in [0.3, 0.4) is 0 Å². The summed E-state index contributed by atoms with van der Waals surface area (Å²) in [6.45, 7) is 5.13. The summed E-state index contributed by atoms with van der Waals surface area (Å²) >= 11 is 0. The fourth-order valence-electron chi connectivity index (χ4n) is 4.64. The van der Waals surface area contributed by atoms with Gasteiger partial charge in [0.2, 0.25) is 0 Å². The minimum Gasteiger partial charge on any atom is -0.312 e. The number of piperidine rings is 1. The molecule has 2 heterocycles. The van der Waals surface area contributed by atoms with Crippen LogP contribution in [0.1, 0.15) is 42.7 Å². The average molecular weight is 270 g/mol. The predicted octanol–water partition coefficient (Wildman–Crippen LogP) is 2.79. The molecule has 0 spiro atoms. The molecule has 1 aromatic rings. The first kappa shape index (κ1) is 12.8. The van der Waals surface area contributed by atoms with Gasteiger partial charge in [-0.2, -0.15) is 0 Å². The topological polar surface area (TPSA) is 15.3 Å². The van der Waals surface area contributed by atoms with E-state index < -0.39 is 0 Å². The largest absolute Gasteiger partial charge is 0.312 e. The van der Waals surface area contributed by atoms with Crippen molar-refractivity contribution in [3.63, 3.8) is 0 Å². The lowest BCUT2D eigenvalue weighted by atomic mass is 9.82. The first-order valence-corrected chi connectivity index (χ1v) is 8.44. The molecule has 0 radical (unpaired) electrons. The molecule has 2 aliphatic heterocycles. The number of likely N-dealkylation sites (tertiary alicyclic amines) is 1. The van der Waals surface area contributed by atoms with E-state index >= 15 is 0 Å². The summed E-state index contributed by atoms with van der Waals surface area (Å²) in [6, 6.07) is 9.92. The maximum Gasteiger partial charge on any atom is 0.0235 e. The van der Waals surface area contributed by atoms with Crippen molar-refractivity contribution in [2.75, 3.05) is 26.2 Å². The summed E-state index contributed by atoms with van der Waals surface area (Å²) in [5.41, 5.74) is 3.25. The van der Waals surface area contributed by atoms with Gasteiger partial charge in [0.15, 0.2) is 0 Å². The van der Waals surface area contributed by atoms with E-state index in [4.69, 9.17) is 0 Å². The Hall–Kier alpha value is -0.860. The van der Waals surface area contributed by atoms with E-state index in [9.17, 15) is 0 Å². The van der Waals surface area contributed by atoms with Crippen molar-refractivity contribution >= 4 is 0 Å². The highest BCUT2D eigenvalue weighted by molar-refractivity contribution is 5.32. The molecule has 4 rings (SSSR count). The van der Waals surface area contributed by atoms with E-state index in [-0.39, 0.29) is 0 Å². The number of rotatable bonds is 2. The van der Waals surface area contributed by atoms with E-state index in [0.717, 1.165) is 17.9 Å². The molecule has 20 heavy (non-hydrogen) atoms. The first-order valence-electron chi connectivity index (χ1n) is 8.44. The summed E-state index contributed by atoms with van der Waals surface area (Å²) in [7, 11) is 0. The second kappa shape index (κ2) is 5.50. The highest BCUT2D eigenvalue weighted by Crippen LogP contribution is 2.34. The minimum atomic E-state index is 0.778. The fraction of sp³-hybridized carbons (Fsp3) is 0.667. The summed E-state index contributed by atoms with van der Waals surface area (Å²) < 4.78 is 0. The molecule has 1 N–H and O–H groups in total. The van der Waals surface area contributed by atoms with Gasteiger partial charge in [0.1, 0.15) is 0 Å². The van der Waals surface area contributed by atoms with Crippen LogP contribution in [0.2, 0.25) is 0 Å². The van der Waals surface area contributed by atoms with E-state index in [2.05, 4.69) is 34.5 Å². The van der Waals surface area contributed by atoms with Crippen molar-refractivity contribution < 1.29 is 0 Å². The highest BCUT2D eigenvalue weighted by Gasteiger charge is 2.35. The Labute approximate surface area is 122 Å². The number of hydrogen-bond acceptors (Lipinski definition) is 2. The van der Waals surface area contributed by atoms with Crippen LogP contribution >= 0.6 is 0 Å². The predicted molar refractivity (Wildman–Crippen MR) is 83.1 cm³/mol. The molecule has 0 aromatic heterocycles. The second-order valence-corrected chi connectivity index (χ2v) is 6.97. The third-order valence-electron chi connectivity index (χ3n) is 5.65. The molecule has 0 bridgehead atoms. The molecular formula is C18H26N2. The molecule has 1 unspecified atom stereocenters. The lowest BCUT2D eigenvalue weighted by Gasteiger charge is -2.29. The van der Waals surface area contributed by atoms with Crippen molar-refractivity contribution in [2.45, 2.75) is 44.1 Å². The lowest BCUT2D eigenvalue weighted by molar-refractivity contribution is 0.287. The quantitative estimate of drug-likeness (QED) is 0.889. The molecule has 3 atom stereocenters. The number of hydrogen-bond donors (Lipinski definition) is 1. The second-order valence-electron chi connectivity index (χ2n) is 6.97. The number of benzene rings is 1. The van der Waals surface area contributed by atoms with Crippen molar-refractivity contribution in [2.24, 2.45) is 5.92 Å². The smallest absolute Gasteiger partial charge is 0.0235 e. The average Bonchev–Trinajstić information content (AvgIpc) is 2.90. The summed E-state index contributed by atoms with van der Waals surface area (Å²) in [6.07, 6.45) is 6.87. The Morgan fingerprint density at radius 3 is 3.00 bits per heavy atom. The van der Waals surface area contributed by atoms with E-state index in [0.29, 0.717) is 0 Å². The SMILES string of the molecule is c1ccc2c(c1)CCCC2CN1C[C@@H]2CCCN[C@@H]2C1. The minimum absolute atomic E-state index is 0.778. The van der Waals surface area contributed by atoms with Gasteiger partial charge in [-0.25, -0.2) is 0 Å². The molecule has 2 saturated heterocycles. The van der Waals surface area contributed by atoms with Gasteiger partial charge >= 0.3 is 0 Å².